The Balaban J connectivity index is 0.00000306. The van der Waals surface area contributed by atoms with Gasteiger partial charge in [-0.15, -0.1) is 12.4 Å². The standard InChI is InChI=1S/C21H23ClN6O3S.ClH/c1-26-20(29)18-17(25-21(26)32(2,30)31)15(10-23)19(27-9-5-7-14(24)12-27)28(18)11-13-6-3-4-8-16(13)22;/h3-4,6,8,14H,5,7,9,11-12,24H2,1-2H3;1H/t14-;/m1./s1. The van der Waals surface area contributed by atoms with Crippen LogP contribution in [0.2, 0.25) is 5.02 Å². The first-order chi connectivity index (χ1) is 15.1. The van der Waals surface area contributed by atoms with Crippen LogP contribution in [0, 0.1) is 11.3 Å². The summed E-state index contributed by atoms with van der Waals surface area (Å²) in [7, 11) is -2.44. The minimum absolute atomic E-state index is 0. The molecule has 1 aliphatic rings. The van der Waals surface area contributed by atoms with Gasteiger partial charge in [0.2, 0.25) is 15.0 Å². The molecular weight excluding hydrogens is 487 g/mol. The van der Waals surface area contributed by atoms with Crippen LogP contribution < -0.4 is 16.2 Å². The number of rotatable bonds is 4. The molecule has 1 aromatic carbocycles. The van der Waals surface area contributed by atoms with Crippen molar-refractivity contribution in [2.75, 3.05) is 24.2 Å². The Labute approximate surface area is 202 Å². The minimum atomic E-state index is -3.80. The molecule has 0 bridgehead atoms. The molecule has 0 spiro atoms. The van der Waals surface area contributed by atoms with Crippen LogP contribution in [0.25, 0.3) is 11.0 Å². The van der Waals surface area contributed by atoms with Crippen molar-refractivity contribution in [3.63, 3.8) is 0 Å². The molecular formula is C21H24Cl2N6O3S. The van der Waals surface area contributed by atoms with Gasteiger partial charge < -0.3 is 15.2 Å². The first-order valence-corrected chi connectivity index (χ1v) is 12.4. The Morgan fingerprint density at radius 3 is 2.64 bits per heavy atom. The van der Waals surface area contributed by atoms with Crippen molar-refractivity contribution in [1.29, 1.82) is 5.26 Å². The first kappa shape index (κ1) is 25.1. The molecule has 1 atom stereocenters. The predicted molar refractivity (Wildman–Crippen MR) is 130 cm³/mol. The van der Waals surface area contributed by atoms with E-state index in [1.165, 1.54) is 7.05 Å². The summed E-state index contributed by atoms with van der Waals surface area (Å²) < 4.78 is 27.3. The van der Waals surface area contributed by atoms with Crippen molar-refractivity contribution in [2.24, 2.45) is 12.8 Å². The summed E-state index contributed by atoms with van der Waals surface area (Å²) in [4.78, 5) is 19.6. The number of piperidine rings is 1. The molecule has 1 saturated heterocycles. The molecule has 0 unspecified atom stereocenters. The lowest BCUT2D eigenvalue weighted by Gasteiger charge is -2.33. The Morgan fingerprint density at radius 2 is 2.03 bits per heavy atom. The molecule has 2 N–H and O–H groups in total. The largest absolute Gasteiger partial charge is 0.355 e. The van der Waals surface area contributed by atoms with Crippen molar-refractivity contribution in [3.05, 3.63) is 50.8 Å². The molecule has 0 aliphatic carbocycles. The van der Waals surface area contributed by atoms with Gasteiger partial charge >= 0.3 is 0 Å². The van der Waals surface area contributed by atoms with Crippen LogP contribution in [0.5, 0.6) is 0 Å². The van der Waals surface area contributed by atoms with Crippen LogP contribution in [0.4, 0.5) is 5.82 Å². The summed E-state index contributed by atoms with van der Waals surface area (Å²) in [6.45, 7) is 1.38. The number of halogens is 2. The highest BCUT2D eigenvalue weighted by molar-refractivity contribution is 7.90. The Morgan fingerprint density at radius 1 is 1.33 bits per heavy atom. The SMILES string of the molecule is Cl.Cn1c(S(C)(=O)=O)nc2c(C#N)c(N3CCC[C@@H](N)C3)n(Cc3ccccc3Cl)c2c1=O. The summed E-state index contributed by atoms with van der Waals surface area (Å²) in [6.07, 6.45) is 2.68. The zero-order valence-corrected chi connectivity index (χ0v) is 20.5. The average molecular weight is 511 g/mol. The molecule has 1 aliphatic heterocycles. The summed E-state index contributed by atoms with van der Waals surface area (Å²) in [6, 6.07) is 9.32. The fourth-order valence-electron chi connectivity index (χ4n) is 4.25. The lowest BCUT2D eigenvalue weighted by atomic mass is 10.1. The van der Waals surface area contributed by atoms with Crippen LogP contribution in [-0.4, -0.2) is 47.9 Å². The monoisotopic (exact) mass is 510 g/mol. The zero-order chi connectivity index (χ0) is 23.2. The molecule has 176 valence electrons. The molecule has 3 aromatic rings. The fourth-order valence-corrected chi connectivity index (χ4v) is 5.28. The van der Waals surface area contributed by atoms with Crippen molar-refractivity contribution in [3.8, 4) is 6.07 Å². The molecule has 12 heteroatoms. The van der Waals surface area contributed by atoms with E-state index in [1.54, 1.807) is 10.6 Å². The number of anilines is 1. The van der Waals surface area contributed by atoms with Crippen LogP contribution in [0.15, 0.2) is 34.2 Å². The first-order valence-electron chi connectivity index (χ1n) is 10.1. The zero-order valence-electron chi connectivity index (χ0n) is 18.2. The van der Waals surface area contributed by atoms with Gasteiger partial charge in [-0.25, -0.2) is 13.4 Å². The number of sulfone groups is 1. The third kappa shape index (κ3) is 4.46. The van der Waals surface area contributed by atoms with E-state index >= 15 is 0 Å². The van der Waals surface area contributed by atoms with Crippen LogP contribution in [-0.2, 0) is 23.4 Å². The van der Waals surface area contributed by atoms with Crippen molar-refractivity contribution in [1.82, 2.24) is 14.1 Å². The molecule has 9 nitrogen and oxygen atoms in total. The molecule has 1 fully saturated rings. The van der Waals surface area contributed by atoms with E-state index in [4.69, 9.17) is 17.3 Å². The number of benzene rings is 1. The molecule has 0 amide bonds. The van der Waals surface area contributed by atoms with Gasteiger partial charge in [0.25, 0.3) is 5.56 Å². The second-order valence-corrected chi connectivity index (χ2v) is 10.4. The van der Waals surface area contributed by atoms with E-state index in [9.17, 15) is 18.5 Å². The van der Waals surface area contributed by atoms with Gasteiger partial charge in [-0.05, 0) is 24.5 Å². The van der Waals surface area contributed by atoms with E-state index < -0.39 is 15.4 Å². The maximum atomic E-state index is 13.4. The number of nitrogens with zero attached hydrogens (tertiary/aromatic N) is 5. The topological polar surface area (TPSA) is 127 Å². The molecule has 33 heavy (non-hydrogen) atoms. The fraction of sp³-hybridized carbons (Fsp3) is 0.381. The summed E-state index contributed by atoms with van der Waals surface area (Å²) in [5.41, 5.74) is 6.78. The highest BCUT2D eigenvalue weighted by Crippen LogP contribution is 2.33. The average Bonchev–Trinajstić information content (AvgIpc) is 3.04. The highest BCUT2D eigenvalue weighted by atomic mass is 35.5. The summed E-state index contributed by atoms with van der Waals surface area (Å²) in [5, 5.41) is 10.2. The molecule has 3 heterocycles. The van der Waals surface area contributed by atoms with Crippen molar-refractivity contribution >= 4 is 50.7 Å². The lowest BCUT2D eigenvalue weighted by Crippen LogP contribution is -2.44. The van der Waals surface area contributed by atoms with E-state index in [0.717, 1.165) is 29.2 Å². The normalized spacial score (nSPS) is 16.5. The lowest BCUT2D eigenvalue weighted by molar-refractivity contribution is 0.498. The highest BCUT2D eigenvalue weighted by Gasteiger charge is 2.30. The Bertz CT molecular complexity index is 1420. The van der Waals surface area contributed by atoms with E-state index in [0.29, 0.717) is 23.9 Å². The number of aromatic nitrogens is 3. The third-order valence-corrected chi connectivity index (χ3v) is 7.10. The van der Waals surface area contributed by atoms with Crippen molar-refractivity contribution in [2.45, 2.75) is 30.6 Å². The maximum Gasteiger partial charge on any atom is 0.278 e. The molecule has 0 radical (unpaired) electrons. The summed E-state index contributed by atoms with van der Waals surface area (Å²) >= 11 is 6.39. The molecule has 0 saturated carbocycles. The van der Waals surface area contributed by atoms with E-state index in [2.05, 4.69) is 11.1 Å². The van der Waals surface area contributed by atoms with Gasteiger partial charge in [-0.2, -0.15) is 5.26 Å². The maximum absolute atomic E-state index is 13.4. The predicted octanol–water partition coefficient (Wildman–Crippen LogP) is 2.06. The van der Waals surface area contributed by atoms with Crippen LogP contribution in [0.1, 0.15) is 24.0 Å². The molecule has 4 rings (SSSR count). The quantitative estimate of drug-likeness (QED) is 0.532. The number of fused-ring (bicyclic) bond motifs is 1. The summed E-state index contributed by atoms with van der Waals surface area (Å²) in [5.74, 6) is 0.507. The number of nitriles is 1. The van der Waals surface area contributed by atoms with Gasteiger partial charge in [0.15, 0.2) is 0 Å². The van der Waals surface area contributed by atoms with Crippen molar-refractivity contribution < 1.29 is 8.42 Å². The minimum Gasteiger partial charge on any atom is -0.355 e. The van der Waals surface area contributed by atoms with Crippen LogP contribution >= 0.6 is 24.0 Å². The Kier molecular flexibility index (Phi) is 7.10. The second kappa shape index (κ2) is 9.35. The Hall–Kier alpha value is -2.58. The second-order valence-electron chi connectivity index (χ2n) is 8.06. The van der Waals surface area contributed by atoms with E-state index in [-0.39, 0.29) is 46.7 Å². The smallest absolute Gasteiger partial charge is 0.278 e. The van der Waals surface area contributed by atoms with Gasteiger partial charge in [0.1, 0.15) is 28.5 Å². The van der Waals surface area contributed by atoms with Gasteiger partial charge in [-0.3, -0.25) is 9.36 Å². The van der Waals surface area contributed by atoms with Gasteiger partial charge in [-0.1, -0.05) is 29.8 Å². The van der Waals surface area contributed by atoms with E-state index in [1.807, 2.05) is 23.1 Å². The van der Waals surface area contributed by atoms with Gasteiger partial charge in [0, 0.05) is 37.5 Å². The van der Waals surface area contributed by atoms with Crippen LogP contribution in [0.3, 0.4) is 0 Å². The number of nitrogens with two attached hydrogens (primary N) is 1. The number of hydrogen-bond donors (Lipinski definition) is 1. The molecule has 2 aromatic heterocycles. The van der Waals surface area contributed by atoms with Gasteiger partial charge in [0.05, 0.1) is 6.54 Å². The number of hydrogen-bond acceptors (Lipinski definition) is 7. The third-order valence-electron chi connectivity index (χ3n) is 5.70.